The number of nitrogens with zero attached hydrogens (tertiary/aromatic N) is 2. The summed E-state index contributed by atoms with van der Waals surface area (Å²) >= 11 is 3.20. The highest BCUT2D eigenvalue weighted by Gasteiger charge is 2.38. The van der Waals surface area contributed by atoms with E-state index in [1.807, 2.05) is 0 Å². The molecule has 0 aromatic carbocycles. The van der Waals surface area contributed by atoms with Crippen molar-refractivity contribution in [3.63, 3.8) is 0 Å². The maximum absolute atomic E-state index is 12.1. The molecule has 2 N–H and O–H groups in total. The van der Waals surface area contributed by atoms with Gasteiger partial charge in [-0.25, -0.2) is 4.79 Å². The van der Waals surface area contributed by atoms with E-state index in [0.717, 1.165) is 4.90 Å². The second-order valence-electron chi connectivity index (χ2n) is 4.60. The lowest BCUT2D eigenvalue weighted by molar-refractivity contribution is -0.148. The van der Waals surface area contributed by atoms with Crippen LogP contribution in [-0.2, 0) is 16.1 Å². The van der Waals surface area contributed by atoms with Gasteiger partial charge >= 0.3 is 5.97 Å². The van der Waals surface area contributed by atoms with Gasteiger partial charge in [0, 0.05) is 29.7 Å². The number of carboxylic acids is 1. The Morgan fingerprint density at radius 2 is 2.10 bits per heavy atom. The summed E-state index contributed by atoms with van der Waals surface area (Å²) in [7, 11) is 0. The van der Waals surface area contributed by atoms with Crippen LogP contribution >= 0.6 is 15.9 Å². The first-order chi connectivity index (χ1) is 9.38. The number of aliphatic carboxylic acids is 1. The molecule has 1 fully saturated rings. The minimum atomic E-state index is -1.16. The summed E-state index contributed by atoms with van der Waals surface area (Å²) in [5.41, 5.74) is -0.354. The topological polar surface area (TPSA) is 99.8 Å². The van der Waals surface area contributed by atoms with Crippen molar-refractivity contribution in [1.29, 1.82) is 0 Å². The van der Waals surface area contributed by atoms with Gasteiger partial charge in [0.25, 0.3) is 5.56 Å². The highest BCUT2D eigenvalue weighted by atomic mass is 79.9. The second kappa shape index (κ2) is 5.76. The number of halogens is 1. The highest BCUT2D eigenvalue weighted by molar-refractivity contribution is 9.10. The highest BCUT2D eigenvalue weighted by Crippen LogP contribution is 2.18. The largest absolute Gasteiger partial charge is 0.480 e. The van der Waals surface area contributed by atoms with Crippen molar-refractivity contribution in [2.75, 3.05) is 6.54 Å². The molecule has 2 heterocycles. The van der Waals surface area contributed by atoms with E-state index in [-0.39, 0.29) is 25.1 Å². The van der Waals surface area contributed by atoms with Crippen molar-refractivity contribution in [1.82, 2.24) is 9.47 Å². The molecular formula is C12H13BrN2O5. The summed E-state index contributed by atoms with van der Waals surface area (Å²) in [4.78, 5) is 35.9. The number of hydrogen-bond donors (Lipinski definition) is 2. The van der Waals surface area contributed by atoms with Crippen LogP contribution in [0.25, 0.3) is 0 Å². The quantitative estimate of drug-likeness (QED) is 0.781. The van der Waals surface area contributed by atoms with Gasteiger partial charge in [0.05, 0.1) is 6.10 Å². The predicted octanol–water partition coefficient (Wildman–Crippen LogP) is -0.343. The van der Waals surface area contributed by atoms with Crippen LogP contribution in [0.1, 0.15) is 6.42 Å². The average molecular weight is 345 g/mol. The van der Waals surface area contributed by atoms with Gasteiger partial charge in [0.15, 0.2) is 0 Å². The second-order valence-corrected chi connectivity index (χ2v) is 5.52. The van der Waals surface area contributed by atoms with E-state index >= 15 is 0 Å². The first-order valence-corrected chi connectivity index (χ1v) is 6.74. The Morgan fingerprint density at radius 3 is 2.75 bits per heavy atom. The van der Waals surface area contributed by atoms with Crippen LogP contribution in [0.2, 0.25) is 0 Å². The number of aliphatic hydroxyl groups is 1. The number of β-amino-alcohol motifs (C(OH)–C–C–N with tert-alkyl or cyclic N) is 1. The number of aromatic nitrogens is 1. The van der Waals surface area contributed by atoms with E-state index in [9.17, 15) is 19.5 Å². The Kier molecular flexibility index (Phi) is 4.24. The van der Waals surface area contributed by atoms with Gasteiger partial charge in [0.1, 0.15) is 12.6 Å². The SMILES string of the molecule is O=C(O)[C@@H]1C[C@H](O)CN1C(=O)Cn1cc(Br)ccc1=O. The fourth-order valence-electron chi connectivity index (χ4n) is 2.19. The third-order valence-corrected chi connectivity index (χ3v) is 3.61. The Morgan fingerprint density at radius 1 is 1.40 bits per heavy atom. The van der Waals surface area contributed by atoms with Crippen LogP contribution in [0, 0.1) is 0 Å². The number of carbonyl (C=O) groups is 2. The average Bonchev–Trinajstić information content (AvgIpc) is 2.76. The van der Waals surface area contributed by atoms with Gasteiger partial charge in [-0.3, -0.25) is 9.59 Å². The summed E-state index contributed by atoms with van der Waals surface area (Å²) < 4.78 is 1.83. The van der Waals surface area contributed by atoms with E-state index in [1.54, 1.807) is 6.07 Å². The summed E-state index contributed by atoms with van der Waals surface area (Å²) in [5, 5.41) is 18.5. The summed E-state index contributed by atoms with van der Waals surface area (Å²) in [6, 6.07) is 1.83. The van der Waals surface area contributed by atoms with E-state index < -0.39 is 24.0 Å². The van der Waals surface area contributed by atoms with Crippen molar-refractivity contribution in [3.05, 3.63) is 33.2 Å². The number of likely N-dealkylation sites (tertiary alicyclic amines) is 1. The fourth-order valence-corrected chi connectivity index (χ4v) is 2.57. The number of hydrogen-bond acceptors (Lipinski definition) is 4. The van der Waals surface area contributed by atoms with Crippen molar-refractivity contribution in [2.45, 2.75) is 25.1 Å². The van der Waals surface area contributed by atoms with Gasteiger partial charge in [-0.05, 0) is 22.0 Å². The third kappa shape index (κ3) is 3.07. The Bertz CT molecular complexity index is 600. The Labute approximate surface area is 122 Å². The molecule has 0 bridgehead atoms. The molecule has 0 aliphatic carbocycles. The molecule has 1 aromatic rings. The van der Waals surface area contributed by atoms with Gasteiger partial charge in [-0.2, -0.15) is 0 Å². The van der Waals surface area contributed by atoms with Gasteiger partial charge in [-0.15, -0.1) is 0 Å². The lowest BCUT2D eigenvalue weighted by Crippen LogP contribution is -2.43. The molecule has 0 unspecified atom stereocenters. The van der Waals surface area contributed by atoms with E-state index in [4.69, 9.17) is 5.11 Å². The normalized spacial score (nSPS) is 22.0. The van der Waals surface area contributed by atoms with Crippen LogP contribution in [0.3, 0.4) is 0 Å². The molecule has 1 aliphatic heterocycles. The van der Waals surface area contributed by atoms with Crippen molar-refractivity contribution in [2.24, 2.45) is 0 Å². The minimum absolute atomic E-state index is 0.00839. The molecule has 20 heavy (non-hydrogen) atoms. The molecule has 1 aromatic heterocycles. The first kappa shape index (κ1) is 14.7. The molecule has 8 heteroatoms. The van der Waals surface area contributed by atoms with Crippen molar-refractivity contribution >= 4 is 27.8 Å². The zero-order valence-corrected chi connectivity index (χ0v) is 12.0. The van der Waals surface area contributed by atoms with E-state index in [2.05, 4.69) is 15.9 Å². The molecule has 0 radical (unpaired) electrons. The summed E-state index contributed by atoms with van der Waals surface area (Å²) in [6.07, 6.45) is 0.621. The smallest absolute Gasteiger partial charge is 0.326 e. The number of aliphatic hydroxyl groups excluding tert-OH is 1. The molecule has 1 aliphatic rings. The Hall–Kier alpha value is -1.67. The fraction of sp³-hybridized carbons (Fsp3) is 0.417. The van der Waals surface area contributed by atoms with Crippen LogP contribution in [0.5, 0.6) is 0 Å². The predicted molar refractivity (Wildman–Crippen MR) is 72.2 cm³/mol. The molecule has 0 spiro atoms. The molecule has 7 nitrogen and oxygen atoms in total. The zero-order chi connectivity index (χ0) is 14.9. The van der Waals surface area contributed by atoms with Crippen LogP contribution < -0.4 is 5.56 Å². The van der Waals surface area contributed by atoms with Crippen LogP contribution in [-0.4, -0.2) is 50.2 Å². The number of carbonyl (C=O) groups excluding carboxylic acids is 1. The number of amides is 1. The maximum Gasteiger partial charge on any atom is 0.326 e. The number of pyridine rings is 1. The standard InChI is InChI=1S/C12H13BrN2O5/c13-7-1-2-10(17)14(4-7)6-11(18)15-5-8(16)3-9(15)12(19)20/h1-2,4,8-9,16H,3,5-6H2,(H,19,20)/t8-,9-/m0/s1. The molecular weight excluding hydrogens is 332 g/mol. The van der Waals surface area contributed by atoms with Gasteiger partial charge < -0.3 is 19.7 Å². The lowest BCUT2D eigenvalue weighted by atomic mass is 10.2. The summed E-state index contributed by atoms with van der Waals surface area (Å²) in [6.45, 7) is -0.284. The molecule has 108 valence electrons. The van der Waals surface area contributed by atoms with Crippen molar-refractivity contribution < 1.29 is 19.8 Å². The molecule has 0 saturated carbocycles. The number of rotatable bonds is 3. The van der Waals surface area contributed by atoms with Gasteiger partial charge in [-0.1, -0.05) is 0 Å². The summed E-state index contributed by atoms with van der Waals surface area (Å²) in [5.74, 6) is -1.66. The maximum atomic E-state index is 12.1. The van der Waals surface area contributed by atoms with Crippen LogP contribution in [0.15, 0.2) is 27.6 Å². The van der Waals surface area contributed by atoms with Crippen molar-refractivity contribution in [3.8, 4) is 0 Å². The van der Waals surface area contributed by atoms with E-state index in [1.165, 1.54) is 16.8 Å². The zero-order valence-electron chi connectivity index (χ0n) is 10.4. The molecule has 2 rings (SSSR count). The molecule has 1 saturated heterocycles. The monoisotopic (exact) mass is 344 g/mol. The van der Waals surface area contributed by atoms with Crippen LogP contribution in [0.4, 0.5) is 0 Å². The third-order valence-electron chi connectivity index (χ3n) is 3.14. The molecule has 2 atom stereocenters. The minimum Gasteiger partial charge on any atom is -0.480 e. The van der Waals surface area contributed by atoms with E-state index in [0.29, 0.717) is 4.47 Å². The first-order valence-electron chi connectivity index (χ1n) is 5.95. The Balaban J connectivity index is 2.17. The van der Waals surface area contributed by atoms with Gasteiger partial charge in [0.2, 0.25) is 5.91 Å². The molecule has 1 amide bonds. The lowest BCUT2D eigenvalue weighted by Gasteiger charge is -2.21. The number of carboxylic acid groups (broad SMARTS) is 1.